The molecule has 3 aliphatic rings. The minimum atomic E-state index is 0.436. The maximum Gasteiger partial charge on any atom is 0.213 e. The largest absolute Gasteiger partial charge is 0.334 e. The summed E-state index contributed by atoms with van der Waals surface area (Å²) in [5.41, 5.74) is 4.18. The summed E-state index contributed by atoms with van der Waals surface area (Å²) in [6.45, 7) is 0.969. The zero-order valence-corrected chi connectivity index (χ0v) is 16.0. The van der Waals surface area contributed by atoms with E-state index in [1.165, 1.54) is 10.6 Å². The lowest BCUT2D eigenvalue weighted by Crippen LogP contribution is -2.24. The Morgan fingerprint density at radius 3 is 2.81 bits per heavy atom. The highest BCUT2D eigenvalue weighted by Crippen LogP contribution is 2.49. The van der Waals surface area contributed by atoms with Crippen molar-refractivity contribution in [3.63, 3.8) is 0 Å². The van der Waals surface area contributed by atoms with Crippen molar-refractivity contribution in [1.82, 2.24) is 4.98 Å². The van der Waals surface area contributed by atoms with Crippen molar-refractivity contribution in [2.24, 2.45) is 5.10 Å². The quantitative estimate of drug-likeness (QED) is 0.631. The van der Waals surface area contributed by atoms with Crippen LogP contribution in [0.1, 0.15) is 12.8 Å². The Morgan fingerprint density at radius 2 is 1.89 bits per heavy atom. The summed E-state index contributed by atoms with van der Waals surface area (Å²) in [5.74, 6) is 0.436. The lowest BCUT2D eigenvalue weighted by atomic mass is 10.1. The van der Waals surface area contributed by atoms with Gasteiger partial charge in [0.05, 0.1) is 32.2 Å². The van der Waals surface area contributed by atoms with Crippen LogP contribution < -0.4 is 9.91 Å². The van der Waals surface area contributed by atoms with E-state index >= 15 is 0 Å². The number of thiazole rings is 1. The third-order valence-corrected chi connectivity index (χ3v) is 7.23. The molecule has 27 heavy (non-hydrogen) atoms. The number of benzene rings is 2. The zero-order chi connectivity index (χ0) is 18.0. The van der Waals surface area contributed by atoms with Gasteiger partial charge in [-0.25, -0.2) is 4.98 Å². The Hall–Kier alpha value is -2.64. The third-order valence-electron chi connectivity index (χ3n) is 5.04. The van der Waals surface area contributed by atoms with E-state index in [0.717, 1.165) is 51.0 Å². The maximum atomic E-state index is 8.88. The standard InChI is InChI=1S/C20H15N5S2/c21-18-17-13(23-25(18)20-22-12-6-1-3-9-15(12)27-20)7-5-11-24-14-8-2-4-10-16(14)26-19(17)24/h1-4,6,8-10,21H,5,7,11H2. The van der Waals surface area contributed by atoms with Crippen LogP contribution in [0.5, 0.6) is 0 Å². The smallest absolute Gasteiger partial charge is 0.213 e. The van der Waals surface area contributed by atoms with Crippen LogP contribution in [0.4, 0.5) is 10.8 Å². The van der Waals surface area contributed by atoms with Gasteiger partial charge in [-0.05, 0) is 37.1 Å². The highest BCUT2D eigenvalue weighted by Gasteiger charge is 2.39. The average Bonchev–Trinajstić information content (AvgIpc) is 3.32. The van der Waals surface area contributed by atoms with Crippen LogP contribution in [0.25, 0.3) is 10.2 Å². The van der Waals surface area contributed by atoms with Crippen LogP contribution in [0.3, 0.4) is 0 Å². The van der Waals surface area contributed by atoms with Gasteiger partial charge in [-0.1, -0.05) is 47.4 Å². The molecule has 2 aromatic carbocycles. The predicted molar refractivity (Wildman–Crippen MR) is 113 cm³/mol. The number of nitrogens with zero attached hydrogens (tertiary/aromatic N) is 4. The minimum absolute atomic E-state index is 0.436. The van der Waals surface area contributed by atoms with E-state index in [4.69, 9.17) is 15.5 Å². The van der Waals surface area contributed by atoms with Crippen molar-refractivity contribution in [3.8, 4) is 0 Å². The van der Waals surface area contributed by atoms with Crippen molar-refractivity contribution in [3.05, 3.63) is 59.1 Å². The van der Waals surface area contributed by atoms with E-state index in [2.05, 4.69) is 35.2 Å². The molecular weight excluding hydrogens is 374 g/mol. The highest BCUT2D eigenvalue weighted by atomic mass is 32.2. The molecule has 0 aliphatic carbocycles. The second-order valence-electron chi connectivity index (χ2n) is 6.68. The van der Waals surface area contributed by atoms with Crippen LogP contribution in [-0.4, -0.2) is 23.1 Å². The molecule has 132 valence electrons. The van der Waals surface area contributed by atoms with E-state index in [1.807, 2.05) is 18.2 Å². The Balaban J connectivity index is 1.47. The van der Waals surface area contributed by atoms with Gasteiger partial charge in [0.2, 0.25) is 5.13 Å². The summed E-state index contributed by atoms with van der Waals surface area (Å²) < 4.78 is 1.12. The molecule has 1 aromatic heterocycles. The van der Waals surface area contributed by atoms with Gasteiger partial charge in [0.1, 0.15) is 0 Å². The summed E-state index contributed by atoms with van der Waals surface area (Å²) in [4.78, 5) is 8.32. The molecule has 0 saturated heterocycles. The SMILES string of the molecule is N=C1C2=C3Sc4ccccc4N3CCCC2=NN1c1nc2ccccc2s1. The molecule has 0 amide bonds. The fourth-order valence-electron chi connectivity index (χ4n) is 3.80. The van der Waals surface area contributed by atoms with Crippen LogP contribution in [-0.2, 0) is 0 Å². The molecule has 0 bridgehead atoms. The zero-order valence-electron chi connectivity index (χ0n) is 14.3. The number of amidine groups is 1. The summed E-state index contributed by atoms with van der Waals surface area (Å²) in [5, 5.41) is 17.3. The number of hydrogen-bond donors (Lipinski definition) is 1. The fraction of sp³-hybridized carbons (Fsp3) is 0.150. The first kappa shape index (κ1) is 15.4. The van der Waals surface area contributed by atoms with Crippen LogP contribution in [0, 0.1) is 5.41 Å². The lowest BCUT2D eigenvalue weighted by Gasteiger charge is -2.20. The van der Waals surface area contributed by atoms with Crippen LogP contribution >= 0.6 is 23.1 Å². The van der Waals surface area contributed by atoms with Gasteiger partial charge in [0.25, 0.3) is 0 Å². The minimum Gasteiger partial charge on any atom is -0.334 e. The molecule has 6 rings (SSSR count). The second-order valence-corrected chi connectivity index (χ2v) is 8.72. The molecule has 0 fully saturated rings. The normalized spacial score (nSPS) is 18.5. The predicted octanol–water partition coefficient (Wildman–Crippen LogP) is 5.07. The van der Waals surface area contributed by atoms with Crippen LogP contribution in [0.15, 0.2) is 69.1 Å². The van der Waals surface area contributed by atoms with Crippen molar-refractivity contribution >= 4 is 55.7 Å². The second kappa shape index (κ2) is 5.68. The first-order chi connectivity index (χ1) is 13.3. The van der Waals surface area contributed by atoms with Gasteiger partial charge in [-0.15, -0.1) is 0 Å². The topological polar surface area (TPSA) is 55.6 Å². The van der Waals surface area contributed by atoms with Crippen molar-refractivity contribution < 1.29 is 0 Å². The van der Waals surface area contributed by atoms with Gasteiger partial charge in [-0.3, -0.25) is 5.41 Å². The molecule has 3 aromatic rings. The molecule has 1 N–H and O–H groups in total. The molecule has 0 atom stereocenters. The number of hydrogen-bond acceptors (Lipinski definition) is 6. The molecule has 0 radical (unpaired) electrons. The number of aromatic nitrogens is 1. The monoisotopic (exact) mass is 389 g/mol. The van der Waals surface area contributed by atoms with E-state index < -0.39 is 0 Å². The summed E-state index contributed by atoms with van der Waals surface area (Å²) in [6.07, 6.45) is 1.92. The maximum absolute atomic E-state index is 8.88. The number of nitrogens with one attached hydrogen (secondary N) is 1. The molecule has 0 unspecified atom stereocenters. The first-order valence-corrected chi connectivity index (χ1v) is 10.5. The highest BCUT2D eigenvalue weighted by molar-refractivity contribution is 8.03. The number of para-hydroxylation sites is 2. The van der Waals surface area contributed by atoms with E-state index in [-0.39, 0.29) is 0 Å². The van der Waals surface area contributed by atoms with Gasteiger partial charge in [0.15, 0.2) is 5.84 Å². The van der Waals surface area contributed by atoms with Gasteiger partial charge in [0, 0.05) is 11.4 Å². The fourth-order valence-corrected chi connectivity index (χ4v) is 5.98. The summed E-state index contributed by atoms with van der Waals surface area (Å²) in [6, 6.07) is 16.6. The summed E-state index contributed by atoms with van der Waals surface area (Å²) >= 11 is 3.34. The molecule has 4 heterocycles. The van der Waals surface area contributed by atoms with Crippen molar-refractivity contribution in [2.45, 2.75) is 17.7 Å². The molecule has 5 nitrogen and oxygen atoms in total. The van der Waals surface area contributed by atoms with Gasteiger partial charge < -0.3 is 4.90 Å². The molecule has 0 spiro atoms. The molecular formula is C20H15N5S2. The van der Waals surface area contributed by atoms with Gasteiger partial charge >= 0.3 is 0 Å². The van der Waals surface area contributed by atoms with E-state index in [9.17, 15) is 0 Å². The van der Waals surface area contributed by atoms with Crippen LogP contribution in [0.2, 0.25) is 0 Å². The third kappa shape index (κ3) is 2.22. The Morgan fingerprint density at radius 1 is 1.04 bits per heavy atom. The van der Waals surface area contributed by atoms with E-state index in [1.54, 1.807) is 28.1 Å². The number of hydrazone groups is 1. The first-order valence-electron chi connectivity index (χ1n) is 8.91. The number of thioether (sulfide) groups is 1. The van der Waals surface area contributed by atoms with Crippen molar-refractivity contribution in [2.75, 3.05) is 16.5 Å². The average molecular weight is 390 g/mol. The van der Waals surface area contributed by atoms with E-state index in [0.29, 0.717) is 5.84 Å². The Labute approximate surface area is 164 Å². The Kier molecular flexibility index (Phi) is 3.24. The van der Waals surface area contributed by atoms with Crippen molar-refractivity contribution in [1.29, 1.82) is 5.41 Å². The molecule has 0 saturated carbocycles. The number of rotatable bonds is 1. The van der Waals surface area contributed by atoms with Gasteiger partial charge in [-0.2, -0.15) is 10.1 Å². The Bertz CT molecular complexity index is 1140. The molecule has 3 aliphatic heterocycles. The number of anilines is 2. The lowest BCUT2D eigenvalue weighted by molar-refractivity contribution is 0.844. The number of fused-ring (bicyclic) bond motifs is 5. The summed E-state index contributed by atoms with van der Waals surface area (Å²) in [7, 11) is 0. The molecule has 7 heteroatoms.